The Morgan fingerprint density at radius 3 is 2.59 bits per heavy atom. The zero-order valence-electron chi connectivity index (χ0n) is 14.9. The fraction of sp³-hybridized carbons (Fsp3) is 0.333. The highest BCUT2D eigenvalue weighted by Gasteiger charge is 2.71. The van der Waals surface area contributed by atoms with Gasteiger partial charge in [0.25, 0.3) is 0 Å². The highest BCUT2D eigenvalue weighted by molar-refractivity contribution is 6.10. The molecule has 6 nitrogen and oxygen atoms in total. The van der Waals surface area contributed by atoms with Gasteiger partial charge >= 0.3 is 0 Å². The normalized spacial score (nSPS) is 27.9. The van der Waals surface area contributed by atoms with E-state index in [-0.39, 0.29) is 17.2 Å². The summed E-state index contributed by atoms with van der Waals surface area (Å²) in [6, 6.07) is 13.5. The van der Waals surface area contributed by atoms with E-state index in [0.717, 1.165) is 12.8 Å². The van der Waals surface area contributed by atoms with Gasteiger partial charge in [0, 0.05) is 18.7 Å². The van der Waals surface area contributed by atoms with Crippen molar-refractivity contribution in [2.75, 3.05) is 11.9 Å². The number of nitriles is 3. The third-order valence-electron chi connectivity index (χ3n) is 6.29. The minimum atomic E-state index is -1.94. The Kier molecular flexibility index (Phi) is 3.42. The largest absolute Gasteiger partial charge is 0.399 e. The van der Waals surface area contributed by atoms with Crippen molar-refractivity contribution in [3.63, 3.8) is 0 Å². The number of hydrogen-bond acceptors (Lipinski definition) is 5. The van der Waals surface area contributed by atoms with Crippen LogP contribution in [0.5, 0.6) is 0 Å². The van der Waals surface area contributed by atoms with Crippen molar-refractivity contribution in [2.24, 2.45) is 17.1 Å². The molecule has 0 fully saturated rings. The molecule has 2 atom stereocenters. The summed E-state index contributed by atoms with van der Waals surface area (Å²) in [5.74, 6) is -0.754. The number of likely N-dealkylation sites (N-methyl/N-ethyl adjacent to an activating group) is 1. The smallest absolute Gasteiger partial charge is 0.241 e. The van der Waals surface area contributed by atoms with Gasteiger partial charge < -0.3 is 10.6 Å². The van der Waals surface area contributed by atoms with Crippen molar-refractivity contribution < 1.29 is 4.79 Å². The number of amides is 1. The van der Waals surface area contributed by atoms with Crippen LogP contribution in [-0.2, 0) is 10.2 Å². The summed E-state index contributed by atoms with van der Waals surface area (Å²) in [7, 11) is 1.65. The lowest BCUT2D eigenvalue weighted by atomic mass is 9.47. The fourth-order valence-electron chi connectivity index (χ4n) is 5.15. The summed E-state index contributed by atoms with van der Waals surface area (Å²) in [6.07, 6.45) is 4.15. The molecule has 2 unspecified atom stereocenters. The summed E-state index contributed by atoms with van der Waals surface area (Å²) in [4.78, 5) is 15.2. The third-order valence-corrected chi connectivity index (χ3v) is 6.29. The van der Waals surface area contributed by atoms with Crippen LogP contribution in [0, 0.1) is 45.3 Å². The Bertz CT molecular complexity index is 1050. The first kappa shape index (κ1) is 16.9. The molecule has 27 heavy (non-hydrogen) atoms. The lowest BCUT2D eigenvalue weighted by Gasteiger charge is -2.49. The number of carbonyl (C=O) groups is 1. The van der Waals surface area contributed by atoms with Gasteiger partial charge in [0.1, 0.15) is 11.5 Å². The van der Waals surface area contributed by atoms with Crippen LogP contribution in [-0.4, -0.2) is 13.0 Å². The van der Waals surface area contributed by atoms with Crippen LogP contribution >= 0.6 is 0 Å². The molecular weight excluding hydrogens is 338 g/mol. The van der Waals surface area contributed by atoms with E-state index in [9.17, 15) is 20.6 Å². The van der Waals surface area contributed by atoms with Crippen molar-refractivity contribution >= 4 is 11.6 Å². The van der Waals surface area contributed by atoms with Gasteiger partial charge in [-0.05, 0) is 36.5 Å². The maximum atomic E-state index is 13.7. The zero-order chi connectivity index (χ0) is 19.4. The third kappa shape index (κ3) is 1.65. The van der Waals surface area contributed by atoms with Crippen LogP contribution in [0.4, 0.5) is 5.69 Å². The van der Waals surface area contributed by atoms with Gasteiger partial charge in [-0.15, -0.1) is 0 Å². The van der Waals surface area contributed by atoms with Crippen LogP contribution in [0.25, 0.3) is 0 Å². The number of nitrogens with zero attached hydrogens (tertiary/aromatic N) is 4. The Labute approximate surface area is 157 Å². The topological polar surface area (TPSA) is 118 Å². The van der Waals surface area contributed by atoms with Crippen molar-refractivity contribution in [3.05, 3.63) is 52.7 Å². The van der Waals surface area contributed by atoms with Gasteiger partial charge in [-0.1, -0.05) is 24.3 Å². The van der Waals surface area contributed by atoms with Crippen molar-refractivity contribution in [1.82, 2.24) is 0 Å². The van der Waals surface area contributed by atoms with Crippen molar-refractivity contribution in [1.29, 1.82) is 15.8 Å². The molecule has 1 aliphatic heterocycles. The molecule has 0 saturated heterocycles. The molecule has 2 N–H and O–H groups in total. The molecule has 0 bridgehead atoms. The van der Waals surface area contributed by atoms with Gasteiger partial charge in [0.05, 0.1) is 23.4 Å². The predicted octanol–water partition coefficient (Wildman–Crippen LogP) is 2.41. The lowest BCUT2D eigenvalue weighted by Crippen LogP contribution is -2.61. The molecule has 1 aromatic rings. The first-order chi connectivity index (χ1) is 13.0. The maximum Gasteiger partial charge on any atom is 0.241 e. The van der Waals surface area contributed by atoms with E-state index in [4.69, 9.17) is 5.73 Å². The quantitative estimate of drug-likeness (QED) is 0.766. The van der Waals surface area contributed by atoms with E-state index in [1.807, 2.05) is 18.2 Å². The Morgan fingerprint density at radius 1 is 1.22 bits per heavy atom. The van der Waals surface area contributed by atoms with E-state index in [1.54, 1.807) is 19.2 Å². The van der Waals surface area contributed by atoms with E-state index in [2.05, 4.69) is 18.2 Å². The monoisotopic (exact) mass is 355 g/mol. The van der Waals surface area contributed by atoms with Crippen molar-refractivity contribution in [2.45, 2.75) is 24.7 Å². The molecule has 3 aliphatic rings. The van der Waals surface area contributed by atoms with Gasteiger partial charge in [-0.3, -0.25) is 4.79 Å². The van der Waals surface area contributed by atoms with E-state index < -0.39 is 16.7 Å². The predicted molar refractivity (Wildman–Crippen MR) is 97.4 cm³/mol. The summed E-state index contributed by atoms with van der Waals surface area (Å²) >= 11 is 0. The summed E-state index contributed by atoms with van der Waals surface area (Å²) in [5, 5.41) is 30.1. The first-order valence-electron chi connectivity index (χ1n) is 8.82. The molecule has 2 aliphatic carbocycles. The molecule has 132 valence electrons. The Hall–Kier alpha value is -3.56. The van der Waals surface area contributed by atoms with Gasteiger partial charge in [0.15, 0.2) is 0 Å². The molecule has 0 radical (unpaired) electrons. The molecule has 1 spiro atoms. The minimum Gasteiger partial charge on any atom is -0.399 e. The number of nitrogens with two attached hydrogens (primary N) is 1. The maximum absolute atomic E-state index is 13.7. The first-order valence-corrected chi connectivity index (χ1v) is 8.82. The molecule has 1 heterocycles. The Morgan fingerprint density at radius 2 is 1.93 bits per heavy atom. The molecule has 1 amide bonds. The molecule has 4 rings (SSSR count). The number of anilines is 1. The number of para-hydroxylation sites is 1. The van der Waals surface area contributed by atoms with Crippen LogP contribution in [0.15, 0.2) is 47.2 Å². The lowest BCUT2D eigenvalue weighted by molar-refractivity contribution is -0.127. The van der Waals surface area contributed by atoms with E-state index >= 15 is 0 Å². The van der Waals surface area contributed by atoms with Gasteiger partial charge in [0.2, 0.25) is 11.3 Å². The molecule has 0 saturated carbocycles. The van der Waals surface area contributed by atoms with Crippen LogP contribution in [0.1, 0.15) is 24.8 Å². The molecule has 0 aromatic heterocycles. The second-order valence-corrected chi connectivity index (χ2v) is 7.21. The zero-order valence-corrected chi connectivity index (χ0v) is 14.9. The highest BCUT2D eigenvalue weighted by Crippen LogP contribution is 2.64. The Balaban J connectivity index is 2.22. The standard InChI is InChI=1S/C21H17N5O/c1-26-17-9-5-4-8-16(17)21(19(26)27)15-7-3-2-6-13(15)14(10-22)18(25)20(21,11-23)12-24/h4-6,8-9,15H,2-3,7,25H2,1H3. The van der Waals surface area contributed by atoms with Crippen LogP contribution in [0.3, 0.4) is 0 Å². The van der Waals surface area contributed by atoms with Crippen LogP contribution < -0.4 is 10.6 Å². The molecule has 6 heteroatoms. The van der Waals surface area contributed by atoms with Gasteiger partial charge in [-0.2, -0.15) is 15.8 Å². The van der Waals surface area contributed by atoms with Crippen molar-refractivity contribution in [3.8, 4) is 18.2 Å². The average molecular weight is 355 g/mol. The number of allylic oxidation sites excluding steroid dienone is 4. The van der Waals surface area contributed by atoms with Gasteiger partial charge in [-0.25, -0.2) is 0 Å². The molecule has 1 aromatic carbocycles. The number of benzene rings is 1. The van der Waals surface area contributed by atoms with E-state index in [1.165, 1.54) is 4.90 Å². The average Bonchev–Trinajstić information content (AvgIpc) is 2.93. The fourth-order valence-corrected chi connectivity index (χ4v) is 5.15. The number of rotatable bonds is 0. The SMILES string of the molecule is CN1C(=O)C2(c3ccccc31)C1CCCC=C1C(C#N)=C(N)C2(C#N)C#N. The summed E-state index contributed by atoms with van der Waals surface area (Å²) < 4.78 is 0. The number of hydrogen-bond donors (Lipinski definition) is 1. The highest BCUT2D eigenvalue weighted by atomic mass is 16.2. The number of carbonyl (C=O) groups excluding carboxylic acids is 1. The summed E-state index contributed by atoms with van der Waals surface area (Å²) in [6.45, 7) is 0. The summed E-state index contributed by atoms with van der Waals surface area (Å²) in [5.41, 5.74) is 5.01. The second kappa shape index (κ2) is 5.47. The van der Waals surface area contributed by atoms with Crippen LogP contribution in [0.2, 0.25) is 0 Å². The number of fused-ring (bicyclic) bond motifs is 4. The minimum absolute atomic E-state index is 0.113. The van der Waals surface area contributed by atoms with E-state index in [0.29, 0.717) is 23.2 Å². The second-order valence-electron chi connectivity index (χ2n) is 7.21. The molecular formula is C21H17N5O.